The predicted octanol–water partition coefficient (Wildman–Crippen LogP) is 0.129. The molecule has 1 aliphatic heterocycles. The molecule has 0 radical (unpaired) electrons. The highest BCUT2D eigenvalue weighted by Gasteiger charge is 2.30. The molecule has 100 valence electrons. The lowest BCUT2D eigenvalue weighted by Crippen LogP contribution is -2.47. The van der Waals surface area contributed by atoms with Gasteiger partial charge in [0.25, 0.3) is 0 Å². The van der Waals surface area contributed by atoms with Crippen molar-refractivity contribution in [2.24, 2.45) is 0 Å². The predicted molar refractivity (Wildman–Crippen MR) is 70.2 cm³/mol. The fraction of sp³-hybridized carbons (Fsp3) is 1.00. The molecule has 1 saturated heterocycles. The van der Waals surface area contributed by atoms with Crippen LogP contribution >= 0.6 is 0 Å². The number of nitrogens with one attached hydrogen (secondary N) is 1. The highest BCUT2D eigenvalue weighted by atomic mass is 16.3. The molecule has 0 atom stereocenters. The summed E-state index contributed by atoms with van der Waals surface area (Å²) in [7, 11) is 2.19. The summed E-state index contributed by atoms with van der Waals surface area (Å²) in [5.74, 6) is 0. The van der Waals surface area contributed by atoms with Crippen molar-refractivity contribution in [3.63, 3.8) is 0 Å². The van der Waals surface area contributed by atoms with Crippen molar-refractivity contribution >= 4 is 0 Å². The Kier molecular flexibility index (Phi) is 4.79. The van der Waals surface area contributed by atoms with Gasteiger partial charge in [-0.05, 0) is 19.9 Å². The van der Waals surface area contributed by atoms with Crippen molar-refractivity contribution in [2.45, 2.75) is 31.3 Å². The molecule has 0 unspecified atom stereocenters. The fourth-order valence-electron chi connectivity index (χ4n) is 2.84. The molecule has 4 nitrogen and oxygen atoms in total. The summed E-state index contributed by atoms with van der Waals surface area (Å²) < 4.78 is 0. The number of rotatable bonds is 5. The molecule has 2 N–H and O–H groups in total. The van der Waals surface area contributed by atoms with Crippen LogP contribution in [0.25, 0.3) is 0 Å². The summed E-state index contributed by atoms with van der Waals surface area (Å²) in [6.07, 6.45) is 4.34. The maximum atomic E-state index is 10.2. The van der Waals surface area contributed by atoms with Gasteiger partial charge in [-0.1, -0.05) is 12.8 Å². The van der Waals surface area contributed by atoms with Gasteiger partial charge in [0.1, 0.15) is 0 Å². The first-order chi connectivity index (χ1) is 8.18. The van der Waals surface area contributed by atoms with E-state index in [1.807, 2.05) is 0 Å². The van der Waals surface area contributed by atoms with E-state index in [-0.39, 0.29) is 0 Å². The van der Waals surface area contributed by atoms with Crippen molar-refractivity contribution in [3.8, 4) is 0 Å². The number of likely N-dealkylation sites (N-methyl/N-ethyl adjacent to an activating group) is 1. The lowest BCUT2D eigenvalue weighted by atomic mass is 10.0. The van der Waals surface area contributed by atoms with E-state index < -0.39 is 5.60 Å². The Morgan fingerprint density at radius 1 is 1.12 bits per heavy atom. The van der Waals surface area contributed by atoms with Crippen LogP contribution in [0.2, 0.25) is 0 Å². The largest absolute Gasteiger partial charge is 0.389 e. The lowest BCUT2D eigenvalue weighted by Gasteiger charge is -2.32. The van der Waals surface area contributed by atoms with Gasteiger partial charge in [0.05, 0.1) is 5.60 Å². The van der Waals surface area contributed by atoms with Crippen LogP contribution in [0.3, 0.4) is 0 Å². The number of piperazine rings is 1. The summed E-state index contributed by atoms with van der Waals surface area (Å²) >= 11 is 0. The molecule has 0 aromatic heterocycles. The average Bonchev–Trinajstić information content (AvgIpc) is 2.74. The first-order valence-corrected chi connectivity index (χ1v) is 7.02. The van der Waals surface area contributed by atoms with Crippen LogP contribution in [0.15, 0.2) is 0 Å². The molecule has 0 aromatic rings. The smallest absolute Gasteiger partial charge is 0.0771 e. The van der Waals surface area contributed by atoms with Gasteiger partial charge in [0.2, 0.25) is 0 Å². The molecule has 0 aromatic carbocycles. The number of nitrogens with zero attached hydrogens (tertiary/aromatic N) is 2. The highest BCUT2D eigenvalue weighted by molar-refractivity contribution is 4.86. The maximum absolute atomic E-state index is 10.2. The number of aliphatic hydroxyl groups is 1. The van der Waals surface area contributed by atoms with E-state index >= 15 is 0 Å². The fourth-order valence-corrected chi connectivity index (χ4v) is 2.84. The van der Waals surface area contributed by atoms with Crippen LogP contribution < -0.4 is 5.32 Å². The van der Waals surface area contributed by atoms with Gasteiger partial charge in [-0.2, -0.15) is 0 Å². The van der Waals surface area contributed by atoms with Gasteiger partial charge >= 0.3 is 0 Å². The van der Waals surface area contributed by atoms with E-state index in [0.717, 1.165) is 32.5 Å². The van der Waals surface area contributed by atoms with Gasteiger partial charge in [0, 0.05) is 45.8 Å². The SMILES string of the molecule is CN1CCN(CCNCC2(O)CCCC2)CC1. The molecule has 1 saturated carbocycles. The van der Waals surface area contributed by atoms with Crippen LogP contribution in [-0.2, 0) is 0 Å². The highest BCUT2D eigenvalue weighted by Crippen LogP contribution is 2.28. The molecule has 0 spiro atoms. The van der Waals surface area contributed by atoms with Gasteiger partial charge in [0.15, 0.2) is 0 Å². The van der Waals surface area contributed by atoms with Gasteiger partial charge in [-0.15, -0.1) is 0 Å². The van der Waals surface area contributed by atoms with Crippen molar-refractivity contribution in [1.29, 1.82) is 0 Å². The topological polar surface area (TPSA) is 38.7 Å². The zero-order valence-corrected chi connectivity index (χ0v) is 11.1. The number of hydrogen-bond acceptors (Lipinski definition) is 4. The normalized spacial score (nSPS) is 26.5. The van der Waals surface area contributed by atoms with Crippen LogP contribution in [0.1, 0.15) is 25.7 Å². The van der Waals surface area contributed by atoms with Crippen LogP contribution in [0.4, 0.5) is 0 Å². The Morgan fingerprint density at radius 3 is 2.41 bits per heavy atom. The molecular formula is C13H27N3O. The summed E-state index contributed by atoms with van der Waals surface area (Å²) in [4.78, 5) is 4.89. The van der Waals surface area contributed by atoms with Gasteiger partial charge in [-0.25, -0.2) is 0 Å². The minimum atomic E-state index is -0.401. The molecule has 2 rings (SSSR count). The first kappa shape index (κ1) is 13.3. The minimum Gasteiger partial charge on any atom is -0.389 e. The zero-order valence-electron chi connectivity index (χ0n) is 11.1. The van der Waals surface area contributed by atoms with Crippen molar-refractivity contribution < 1.29 is 5.11 Å². The third kappa shape index (κ3) is 4.21. The number of hydrogen-bond donors (Lipinski definition) is 2. The average molecular weight is 241 g/mol. The Bertz CT molecular complexity index is 221. The zero-order chi connectivity index (χ0) is 12.1. The molecule has 0 bridgehead atoms. The Balaban J connectivity index is 1.54. The quantitative estimate of drug-likeness (QED) is 0.671. The molecule has 17 heavy (non-hydrogen) atoms. The van der Waals surface area contributed by atoms with E-state index in [4.69, 9.17) is 0 Å². The van der Waals surface area contributed by atoms with Gasteiger partial charge < -0.3 is 15.3 Å². The van der Waals surface area contributed by atoms with Crippen LogP contribution in [-0.4, -0.2) is 73.4 Å². The Labute approximate surface area is 105 Å². The third-order valence-electron chi connectivity index (χ3n) is 4.19. The second kappa shape index (κ2) is 6.14. The molecule has 1 aliphatic carbocycles. The second-order valence-corrected chi connectivity index (χ2v) is 5.75. The van der Waals surface area contributed by atoms with Gasteiger partial charge in [-0.3, -0.25) is 4.90 Å². The van der Waals surface area contributed by atoms with E-state index in [2.05, 4.69) is 22.2 Å². The van der Waals surface area contributed by atoms with E-state index in [0.29, 0.717) is 0 Å². The standard InChI is InChI=1S/C13H27N3O/c1-15-8-10-16(11-9-15)7-6-14-12-13(17)4-2-3-5-13/h14,17H,2-12H2,1H3. The van der Waals surface area contributed by atoms with Crippen molar-refractivity contribution in [1.82, 2.24) is 15.1 Å². The van der Waals surface area contributed by atoms with Crippen molar-refractivity contribution in [2.75, 3.05) is 52.9 Å². The van der Waals surface area contributed by atoms with E-state index in [1.165, 1.54) is 39.0 Å². The third-order valence-corrected chi connectivity index (χ3v) is 4.19. The lowest BCUT2D eigenvalue weighted by molar-refractivity contribution is 0.0467. The summed E-state index contributed by atoms with van der Waals surface area (Å²) in [6.45, 7) is 7.63. The summed E-state index contributed by atoms with van der Waals surface area (Å²) in [5, 5.41) is 13.6. The van der Waals surface area contributed by atoms with Crippen molar-refractivity contribution in [3.05, 3.63) is 0 Å². The van der Waals surface area contributed by atoms with E-state index in [1.54, 1.807) is 0 Å². The Hall–Kier alpha value is -0.160. The maximum Gasteiger partial charge on any atom is 0.0771 e. The minimum absolute atomic E-state index is 0.401. The first-order valence-electron chi connectivity index (χ1n) is 7.02. The summed E-state index contributed by atoms with van der Waals surface area (Å²) in [5.41, 5.74) is -0.401. The van der Waals surface area contributed by atoms with E-state index in [9.17, 15) is 5.11 Å². The summed E-state index contributed by atoms with van der Waals surface area (Å²) in [6, 6.07) is 0. The second-order valence-electron chi connectivity index (χ2n) is 5.75. The van der Waals surface area contributed by atoms with Crippen LogP contribution in [0.5, 0.6) is 0 Å². The molecule has 1 heterocycles. The monoisotopic (exact) mass is 241 g/mol. The molecule has 2 aliphatic rings. The molecule has 0 amide bonds. The van der Waals surface area contributed by atoms with Crippen LogP contribution in [0, 0.1) is 0 Å². The molecular weight excluding hydrogens is 214 g/mol. The molecule has 4 heteroatoms. The Morgan fingerprint density at radius 2 is 1.76 bits per heavy atom. The molecule has 2 fully saturated rings.